The summed E-state index contributed by atoms with van der Waals surface area (Å²) in [5, 5.41) is 6.40. The topological polar surface area (TPSA) is 76.1 Å². The van der Waals surface area contributed by atoms with Crippen LogP contribution in [0, 0.1) is 5.92 Å². The van der Waals surface area contributed by atoms with Gasteiger partial charge in [-0.3, -0.25) is 9.97 Å². The Morgan fingerprint density at radius 1 is 1.41 bits per heavy atom. The number of hydrogen-bond donors (Lipinski definition) is 2. The van der Waals surface area contributed by atoms with Gasteiger partial charge in [-0.25, -0.2) is 4.79 Å². The second-order valence-corrected chi connectivity index (χ2v) is 6.85. The summed E-state index contributed by atoms with van der Waals surface area (Å²) in [6.45, 7) is 8.20. The lowest BCUT2D eigenvalue weighted by atomic mass is 10.1. The van der Waals surface area contributed by atoms with Gasteiger partial charge in [-0.05, 0) is 46.5 Å². The molecular weight excluding hydrogens is 280 g/mol. The van der Waals surface area contributed by atoms with Crippen molar-refractivity contribution < 1.29 is 9.53 Å². The fourth-order valence-electron chi connectivity index (χ4n) is 2.31. The predicted octanol–water partition coefficient (Wildman–Crippen LogP) is 2.43. The molecule has 2 unspecified atom stereocenters. The molecule has 1 fully saturated rings. The molecule has 1 aromatic heterocycles. The Labute approximate surface area is 132 Å². The standard InChI is InChI=1S/C16H26N4O2/c1-11(13-9-17-7-8-18-13)20-14(12-5-6-12)10-19-15(21)22-16(2,3)4/h7-9,11-12,14,20H,5-6,10H2,1-4H3,(H,19,21). The van der Waals surface area contributed by atoms with Crippen LogP contribution >= 0.6 is 0 Å². The van der Waals surface area contributed by atoms with Crippen molar-refractivity contribution in [2.75, 3.05) is 6.54 Å². The normalized spacial score (nSPS) is 17.6. The van der Waals surface area contributed by atoms with E-state index in [4.69, 9.17) is 4.74 Å². The number of rotatable bonds is 6. The number of alkyl carbamates (subject to hydrolysis) is 1. The summed E-state index contributed by atoms with van der Waals surface area (Å²) in [6.07, 6.45) is 7.15. The monoisotopic (exact) mass is 306 g/mol. The summed E-state index contributed by atoms with van der Waals surface area (Å²) in [6, 6.07) is 0.323. The largest absolute Gasteiger partial charge is 0.444 e. The van der Waals surface area contributed by atoms with Gasteiger partial charge in [0, 0.05) is 37.2 Å². The first-order valence-electron chi connectivity index (χ1n) is 7.84. The fourth-order valence-corrected chi connectivity index (χ4v) is 2.31. The molecule has 2 rings (SSSR count). The van der Waals surface area contributed by atoms with Crippen LogP contribution in [0.1, 0.15) is 52.3 Å². The SMILES string of the molecule is CC(NC(CNC(=O)OC(C)(C)C)C1CC1)c1cnccn1. The molecule has 1 heterocycles. The van der Waals surface area contributed by atoms with Crippen molar-refractivity contribution >= 4 is 6.09 Å². The molecule has 122 valence electrons. The summed E-state index contributed by atoms with van der Waals surface area (Å²) in [4.78, 5) is 20.2. The number of amides is 1. The Hall–Kier alpha value is -1.69. The van der Waals surface area contributed by atoms with Crippen molar-refractivity contribution in [3.63, 3.8) is 0 Å². The maximum absolute atomic E-state index is 11.8. The zero-order valence-electron chi connectivity index (χ0n) is 13.8. The van der Waals surface area contributed by atoms with E-state index in [0.717, 1.165) is 5.69 Å². The first kappa shape index (κ1) is 16.7. The molecule has 1 aliphatic carbocycles. The first-order chi connectivity index (χ1) is 10.3. The zero-order valence-corrected chi connectivity index (χ0v) is 13.8. The summed E-state index contributed by atoms with van der Waals surface area (Å²) in [5.41, 5.74) is 0.435. The Morgan fingerprint density at radius 2 is 2.14 bits per heavy atom. The number of hydrogen-bond acceptors (Lipinski definition) is 5. The lowest BCUT2D eigenvalue weighted by Crippen LogP contribution is -2.44. The quantitative estimate of drug-likeness (QED) is 0.844. The Bertz CT molecular complexity index is 483. The molecule has 1 aliphatic rings. The number of nitrogens with one attached hydrogen (secondary N) is 2. The van der Waals surface area contributed by atoms with Crippen molar-refractivity contribution in [3.05, 3.63) is 24.3 Å². The van der Waals surface area contributed by atoms with E-state index in [1.54, 1.807) is 18.6 Å². The molecule has 0 saturated heterocycles. The summed E-state index contributed by atoms with van der Waals surface area (Å²) >= 11 is 0. The van der Waals surface area contributed by atoms with Crippen LogP contribution in [0.3, 0.4) is 0 Å². The van der Waals surface area contributed by atoms with Gasteiger partial charge in [-0.15, -0.1) is 0 Å². The van der Waals surface area contributed by atoms with Crippen LogP contribution in [0.4, 0.5) is 4.79 Å². The maximum Gasteiger partial charge on any atom is 0.407 e. The minimum atomic E-state index is -0.473. The molecule has 0 bridgehead atoms. The van der Waals surface area contributed by atoms with Gasteiger partial charge in [0.15, 0.2) is 0 Å². The highest BCUT2D eigenvalue weighted by atomic mass is 16.6. The Morgan fingerprint density at radius 3 is 2.68 bits per heavy atom. The van der Waals surface area contributed by atoms with Crippen LogP contribution in [0.25, 0.3) is 0 Å². The molecule has 22 heavy (non-hydrogen) atoms. The van der Waals surface area contributed by atoms with E-state index in [2.05, 4.69) is 27.5 Å². The maximum atomic E-state index is 11.8. The van der Waals surface area contributed by atoms with Crippen LogP contribution in [-0.2, 0) is 4.74 Å². The van der Waals surface area contributed by atoms with Crippen LogP contribution in [-0.4, -0.2) is 34.2 Å². The highest BCUT2D eigenvalue weighted by Crippen LogP contribution is 2.33. The smallest absolute Gasteiger partial charge is 0.407 e. The Kier molecular flexibility index (Phi) is 5.34. The molecule has 6 heteroatoms. The van der Waals surface area contributed by atoms with Crippen molar-refractivity contribution in [1.29, 1.82) is 0 Å². The van der Waals surface area contributed by atoms with Crippen LogP contribution in [0.15, 0.2) is 18.6 Å². The summed E-state index contributed by atoms with van der Waals surface area (Å²) < 4.78 is 5.28. The average molecular weight is 306 g/mol. The second kappa shape index (κ2) is 7.05. The third kappa shape index (κ3) is 5.60. The predicted molar refractivity (Wildman–Crippen MR) is 84.3 cm³/mol. The average Bonchev–Trinajstić information content (AvgIpc) is 3.26. The van der Waals surface area contributed by atoms with E-state index in [1.807, 2.05) is 20.8 Å². The van der Waals surface area contributed by atoms with Gasteiger partial charge in [0.1, 0.15) is 5.60 Å². The van der Waals surface area contributed by atoms with Crippen molar-refractivity contribution in [2.24, 2.45) is 5.92 Å². The lowest BCUT2D eigenvalue weighted by molar-refractivity contribution is 0.0520. The molecule has 1 saturated carbocycles. The van der Waals surface area contributed by atoms with Gasteiger partial charge in [0.25, 0.3) is 0 Å². The van der Waals surface area contributed by atoms with E-state index in [-0.39, 0.29) is 18.2 Å². The van der Waals surface area contributed by atoms with Gasteiger partial charge < -0.3 is 15.4 Å². The van der Waals surface area contributed by atoms with Crippen molar-refractivity contribution in [1.82, 2.24) is 20.6 Å². The van der Waals surface area contributed by atoms with Crippen LogP contribution < -0.4 is 10.6 Å². The lowest BCUT2D eigenvalue weighted by Gasteiger charge is -2.25. The number of nitrogens with zero attached hydrogens (tertiary/aromatic N) is 2. The summed E-state index contributed by atoms with van der Waals surface area (Å²) in [7, 11) is 0. The van der Waals surface area contributed by atoms with E-state index >= 15 is 0 Å². The zero-order chi connectivity index (χ0) is 16.2. The molecule has 6 nitrogen and oxygen atoms in total. The van der Waals surface area contributed by atoms with Gasteiger partial charge in [-0.1, -0.05) is 0 Å². The molecule has 1 amide bonds. The minimum absolute atomic E-state index is 0.0970. The third-order valence-electron chi connectivity index (χ3n) is 3.55. The van der Waals surface area contributed by atoms with Crippen molar-refractivity contribution in [2.45, 2.75) is 58.2 Å². The number of aromatic nitrogens is 2. The molecule has 0 aromatic carbocycles. The molecule has 2 N–H and O–H groups in total. The van der Waals surface area contributed by atoms with Crippen LogP contribution in [0.5, 0.6) is 0 Å². The van der Waals surface area contributed by atoms with Gasteiger partial charge in [0.2, 0.25) is 0 Å². The molecule has 2 atom stereocenters. The Balaban J connectivity index is 1.84. The van der Waals surface area contributed by atoms with Gasteiger partial charge >= 0.3 is 6.09 Å². The second-order valence-electron chi connectivity index (χ2n) is 6.85. The van der Waals surface area contributed by atoms with Crippen molar-refractivity contribution in [3.8, 4) is 0 Å². The molecule has 0 radical (unpaired) electrons. The number of carbonyl (C=O) groups excluding carboxylic acids is 1. The number of carbonyl (C=O) groups is 1. The van der Waals surface area contributed by atoms with E-state index in [9.17, 15) is 4.79 Å². The number of ether oxygens (including phenoxy) is 1. The van der Waals surface area contributed by atoms with E-state index in [0.29, 0.717) is 12.5 Å². The third-order valence-corrected chi connectivity index (χ3v) is 3.55. The molecule has 0 aliphatic heterocycles. The van der Waals surface area contributed by atoms with Crippen LogP contribution in [0.2, 0.25) is 0 Å². The first-order valence-corrected chi connectivity index (χ1v) is 7.84. The molecule has 0 spiro atoms. The van der Waals surface area contributed by atoms with Gasteiger partial charge in [-0.2, -0.15) is 0 Å². The highest BCUT2D eigenvalue weighted by Gasteiger charge is 2.32. The highest BCUT2D eigenvalue weighted by molar-refractivity contribution is 5.67. The minimum Gasteiger partial charge on any atom is -0.444 e. The molecular formula is C16H26N4O2. The fraction of sp³-hybridized carbons (Fsp3) is 0.688. The van der Waals surface area contributed by atoms with E-state index < -0.39 is 5.60 Å². The van der Waals surface area contributed by atoms with Gasteiger partial charge in [0.05, 0.1) is 5.69 Å². The van der Waals surface area contributed by atoms with E-state index in [1.165, 1.54) is 12.8 Å². The summed E-state index contributed by atoms with van der Waals surface area (Å²) in [5.74, 6) is 0.606. The molecule has 1 aromatic rings.